The Morgan fingerprint density at radius 3 is 1.85 bits per heavy atom. The quantitative estimate of drug-likeness (QED) is 0.549. The molecule has 0 saturated heterocycles. The summed E-state index contributed by atoms with van der Waals surface area (Å²) < 4.78 is 20.2. The molecule has 0 fully saturated rings. The average Bonchev–Trinajstić information content (AvgIpc) is 1.88. The fourth-order valence-corrected chi connectivity index (χ4v) is 1.02. The molecule has 0 aliphatic carbocycles. The fourth-order valence-electron chi connectivity index (χ4n) is 0.643. The summed E-state index contributed by atoms with van der Waals surface area (Å²) in [5, 5.41) is 0. The summed E-state index contributed by atoms with van der Waals surface area (Å²) in [6.07, 6.45) is 1.17. The van der Waals surface area contributed by atoms with E-state index in [9.17, 15) is 8.42 Å². The maximum atomic E-state index is 10.1. The van der Waals surface area contributed by atoms with Gasteiger partial charge in [0, 0.05) is 0 Å². The molecule has 0 amide bonds. The van der Waals surface area contributed by atoms with Gasteiger partial charge in [-0.05, 0) is 0 Å². The first-order chi connectivity index (χ1) is 4.79. The van der Waals surface area contributed by atoms with Gasteiger partial charge in [-0.15, -0.1) is 0 Å². The molecule has 0 radical (unpaired) electrons. The summed E-state index contributed by atoms with van der Waals surface area (Å²) >= 11 is 0. The molecule has 0 spiro atoms. The van der Waals surface area contributed by atoms with Crippen LogP contribution >= 0.6 is 0 Å². The Labute approximate surface area is 78.2 Å². The van der Waals surface area contributed by atoms with E-state index in [2.05, 4.69) is 0 Å². The molecule has 1 aromatic rings. The minimum atomic E-state index is -2.09. The van der Waals surface area contributed by atoms with Crippen LogP contribution in [0, 0.1) is 0 Å². The Balaban J connectivity index is -0.000000333. The van der Waals surface area contributed by atoms with Gasteiger partial charge in [0.15, 0.2) is 0 Å². The number of rotatable bonds is 1. The molecule has 0 unspecified atom stereocenters. The SMILES string of the molecule is N.O.O.O=S(=O)=Bc1ccccc1. The number of hydrogen-bond donors (Lipinski definition) is 1. The first-order valence-corrected chi connectivity index (χ1v) is 3.91. The molecule has 0 bridgehead atoms. The van der Waals surface area contributed by atoms with E-state index in [0.29, 0.717) is 5.46 Å². The number of hydrogen-bond acceptors (Lipinski definition) is 3. The monoisotopic (exact) mass is 205 g/mol. The molecular weight excluding hydrogens is 193 g/mol. The van der Waals surface area contributed by atoms with Gasteiger partial charge in [0.25, 0.3) is 0 Å². The molecule has 0 atom stereocenters. The van der Waals surface area contributed by atoms with Crippen LogP contribution in [0.15, 0.2) is 30.3 Å². The van der Waals surface area contributed by atoms with Crippen LogP contribution in [-0.4, -0.2) is 25.5 Å². The molecule has 0 saturated carbocycles. The van der Waals surface area contributed by atoms with Crippen molar-refractivity contribution in [1.29, 1.82) is 0 Å². The van der Waals surface area contributed by atoms with Crippen molar-refractivity contribution >= 4 is 21.7 Å². The summed E-state index contributed by atoms with van der Waals surface area (Å²) in [5.74, 6) is 0. The molecule has 0 heterocycles. The average molecular weight is 205 g/mol. The maximum absolute atomic E-state index is 10.1. The van der Waals surface area contributed by atoms with Crippen molar-refractivity contribution in [2.75, 3.05) is 0 Å². The zero-order chi connectivity index (χ0) is 7.40. The Morgan fingerprint density at radius 1 is 1.00 bits per heavy atom. The van der Waals surface area contributed by atoms with E-state index in [0.717, 1.165) is 0 Å². The summed E-state index contributed by atoms with van der Waals surface area (Å²) in [7, 11) is -2.09. The summed E-state index contributed by atoms with van der Waals surface area (Å²) in [6.45, 7) is 0. The molecule has 1 aromatic carbocycles. The molecule has 0 aliphatic rings. The Morgan fingerprint density at radius 2 is 1.46 bits per heavy atom. The predicted molar refractivity (Wildman–Crippen MR) is 53.0 cm³/mol. The van der Waals surface area contributed by atoms with E-state index in [4.69, 9.17) is 0 Å². The molecule has 5 nitrogen and oxygen atoms in total. The molecular formula is C6H12BNO4S. The zero-order valence-corrected chi connectivity index (χ0v) is 7.71. The van der Waals surface area contributed by atoms with Gasteiger partial charge >= 0.3 is 60.5 Å². The fraction of sp³-hybridized carbons (Fsp3) is 0. The second-order valence-corrected chi connectivity index (χ2v) is 2.55. The Kier molecular flexibility index (Phi) is 12.5. The van der Waals surface area contributed by atoms with Crippen molar-refractivity contribution in [3.8, 4) is 0 Å². The molecule has 7 N–H and O–H groups in total. The molecule has 0 aliphatic heterocycles. The third-order valence-electron chi connectivity index (χ3n) is 1.03. The van der Waals surface area contributed by atoms with Crippen LogP contribution in [0.25, 0.3) is 0 Å². The summed E-state index contributed by atoms with van der Waals surface area (Å²) in [5.41, 5.74) is 0.704. The second kappa shape index (κ2) is 9.08. The van der Waals surface area contributed by atoms with Crippen LogP contribution in [0.3, 0.4) is 0 Å². The van der Waals surface area contributed by atoms with Crippen LogP contribution in [0.5, 0.6) is 0 Å². The van der Waals surface area contributed by atoms with E-state index in [1.165, 1.54) is 6.15 Å². The van der Waals surface area contributed by atoms with E-state index in [1.54, 1.807) is 24.3 Å². The van der Waals surface area contributed by atoms with Crippen LogP contribution < -0.4 is 11.6 Å². The van der Waals surface area contributed by atoms with Crippen molar-refractivity contribution in [2.45, 2.75) is 0 Å². The Bertz CT molecular complexity index is 329. The van der Waals surface area contributed by atoms with Crippen molar-refractivity contribution in [3.05, 3.63) is 30.3 Å². The van der Waals surface area contributed by atoms with E-state index in [1.807, 2.05) is 6.07 Å². The normalized spacial score (nSPS) is 6.46. The minimum absolute atomic E-state index is 0. The third kappa shape index (κ3) is 7.35. The van der Waals surface area contributed by atoms with Crippen LogP contribution in [0.1, 0.15) is 0 Å². The van der Waals surface area contributed by atoms with E-state index >= 15 is 0 Å². The zero-order valence-electron chi connectivity index (χ0n) is 6.90. The summed E-state index contributed by atoms with van der Waals surface area (Å²) in [4.78, 5) is 0. The van der Waals surface area contributed by atoms with Gasteiger partial charge in [0.05, 0.1) is 0 Å². The predicted octanol–water partition coefficient (Wildman–Crippen LogP) is -1.68. The Hall–Kier alpha value is -1.02. The second-order valence-electron chi connectivity index (χ2n) is 1.79. The van der Waals surface area contributed by atoms with Crippen molar-refractivity contribution in [1.82, 2.24) is 6.15 Å². The van der Waals surface area contributed by atoms with Gasteiger partial charge in [-0.25, -0.2) is 0 Å². The molecule has 0 aromatic heterocycles. The van der Waals surface area contributed by atoms with Gasteiger partial charge < -0.3 is 17.1 Å². The molecule has 7 heteroatoms. The van der Waals surface area contributed by atoms with Crippen LogP contribution in [-0.2, 0) is 10.1 Å². The van der Waals surface area contributed by atoms with Gasteiger partial charge in [-0.1, -0.05) is 0 Å². The van der Waals surface area contributed by atoms with Gasteiger partial charge in [0.1, 0.15) is 0 Å². The van der Waals surface area contributed by atoms with Gasteiger partial charge in [-0.3, -0.25) is 0 Å². The van der Waals surface area contributed by atoms with E-state index in [-0.39, 0.29) is 17.1 Å². The first kappa shape index (κ1) is 17.9. The van der Waals surface area contributed by atoms with Crippen molar-refractivity contribution in [3.63, 3.8) is 0 Å². The molecule has 1 rings (SSSR count). The van der Waals surface area contributed by atoms with Crippen molar-refractivity contribution < 1.29 is 19.4 Å². The van der Waals surface area contributed by atoms with Gasteiger partial charge in [0.2, 0.25) is 0 Å². The third-order valence-corrected chi connectivity index (χ3v) is 1.50. The topological polar surface area (TPSA) is 132 Å². The van der Waals surface area contributed by atoms with Crippen LogP contribution in [0.2, 0.25) is 0 Å². The molecule has 13 heavy (non-hydrogen) atoms. The van der Waals surface area contributed by atoms with Crippen molar-refractivity contribution in [2.24, 2.45) is 0 Å². The molecule has 74 valence electrons. The van der Waals surface area contributed by atoms with Gasteiger partial charge in [-0.2, -0.15) is 0 Å². The summed E-state index contributed by atoms with van der Waals surface area (Å²) in [6, 6.07) is 8.88. The van der Waals surface area contributed by atoms with E-state index < -0.39 is 10.1 Å². The number of benzene rings is 1. The standard InChI is InChI=1S/C6H5BO2S.H3N.2H2O/c8-10(9)7-6-4-2-1-3-5-6;;;/h1-5H;1H3;2*1H2. The first-order valence-electron chi connectivity index (χ1n) is 2.77. The van der Waals surface area contributed by atoms with Crippen LogP contribution in [0.4, 0.5) is 0 Å².